The highest BCUT2D eigenvalue weighted by Crippen LogP contribution is 2.62. The minimum atomic E-state index is -0.273. The Labute approximate surface area is 213 Å². The van der Waals surface area contributed by atoms with Gasteiger partial charge in [0.15, 0.2) is 0 Å². The highest BCUT2D eigenvalue weighted by atomic mass is 15.1. The lowest BCUT2D eigenvalue weighted by Gasteiger charge is -2.32. The molecule has 0 heterocycles. The second-order valence-electron chi connectivity index (χ2n) is 10.3. The topological polar surface area (TPSA) is 3.24 Å². The Morgan fingerprint density at radius 2 is 1.00 bits per heavy atom. The van der Waals surface area contributed by atoms with E-state index in [0.717, 1.165) is 6.54 Å². The molecule has 36 heavy (non-hydrogen) atoms. The van der Waals surface area contributed by atoms with Crippen LogP contribution in [0.25, 0.3) is 22.3 Å². The van der Waals surface area contributed by atoms with E-state index < -0.39 is 0 Å². The first kappa shape index (κ1) is 21.2. The van der Waals surface area contributed by atoms with Gasteiger partial charge in [0.1, 0.15) is 0 Å². The molecule has 0 unspecified atom stereocenters. The lowest BCUT2D eigenvalue weighted by Crippen LogP contribution is -2.30. The number of para-hydroxylation sites is 1. The van der Waals surface area contributed by atoms with Crippen LogP contribution in [0.3, 0.4) is 0 Å². The van der Waals surface area contributed by atoms with Gasteiger partial charge in [-0.15, -0.1) is 0 Å². The van der Waals surface area contributed by atoms with Gasteiger partial charge in [-0.25, -0.2) is 0 Å². The number of hydrogen-bond donors (Lipinski definition) is 0. The van der Waals surface area contributed by atoms with Crippen molar-refractivity contribution < 1.29 is 0 Å². The molecule has 1 heteroatoms. The number of benzene rings is 5. The van der Waals surface area contributed by atoms with Crippen LogP contribution in [0.5, 0.6) is 0 Å². The van der Waals surface area contributed by atoms with Gasteiger partial charge < -0.3 is 4.90 Å². The van der Waals surface area contributed by atoms with E-state index in [1.807, 2.05) is 0 Å². The first-order valence-electron chi connectivity index (χ1n) is 12.9. The molecule has 7 rings (SSSR count). The van der Waals surface area contributed by atoms with E-state index in [4.69, 9.17) is 0 Å². The molecule has 0 aliphatic heterocycles. The van der Waals surface area contributed by atoms with E-state index in [-0.39, 0.29) is 5.41 Å². The lowest BCUT2D eigenvalue weighted by molar-refractivity contribution is 0.681. The summed E-state index contributed by atoms with van der Waals surface area (Å²) in [4.78, 5) is 2.49. The van der Waals surface area contributed by atoms with Gasteiger partial charge in [-0.05, 0) is 76.1 Å². The molecule has 0 amide bonds. The molecular weight excluding hydrogens is 434 g/mol. The van der Waals surface area contributed by atoms with E-state index in [9.17, 15) is 0 Å². The molecule has 0 radical (unpaired) electrons. The molecule has 0 atom stereocenters. The van der Waals surface area contributed by atoms with Crippen molar-refractivity contribution in [1.82, 2.24) is 0 Å². The molecule has 2 aliphatic rings. The maximum atomic E-state index is 2.49. The van der Waals surface area contributed by atoms with Crippen LogP contribution in [0.4, 0.5) is 5.69 Å². The summed E-state index contributed by atoms with van der Waals surface area (Å²) in [7, 11) is 0. The average molecular weight is 464 g/mol. The van der Waals surface area contributed by atoms with Crippen LogP contribution in [0.2, 0.25) is 0 Å². The van der Waals surface area contributed by atoms with E-state index >= 15 is 0 Å². The minimum Gasteiger partial charge on any atom is -0.365 e. The van der Waals surface area contributed by atoms with Crippen LogP contribution < -0.4 is 4.90 Å². The summed E-state index contributed by atoms with van der Waals surface area (Å²) < 4.78 is 0. The minimum absolute atomic E-state index is 0.273. The van der Waals surface area contributed by atoms with Crippen molar-refractivity contribution in [3.8, 4) is 22.3 Å². The molecular formula is C35H29N. The van der Waals surface area contributed by atoms with Gasteiger partial charge >= 0.3 is 0 Å². The van der Waals surface area contributed by atoms with Gasteiger partial charge in [0.25, 0.3) is 0 Å². The van der Waals surface area contributed by atoms with Crippen LogP contribution >= 0.6 is 0 Å². The summed E-state index contributed by atoms with van der Waals surface area (Å²) in [6.45, 7) is 5.44. The monoisotopic (exact) mass is 463 g/mol. The standard InChI is InChI=1S/C35H29N/c1-24(2)36(26-12-4-3-5-13-26)23-25-20-21-30-29-16-8-11-19-33(29)35(34(30)22-25)31-17-9-6-14-27(31)28-15-7-10-18-32(28)35/h3-22,24H,23H2,1-2H3. The largest absolute Gasteiger partial charge is 0.365 e. The molecule has 0 N–H and O–H groups in total. The summed E-state index contributed by atoms with van der Waals surface area (Å²) in [5.41, 5.74) is 13.4. The van der Waals surface area contributed by atoms with E-state index in [1.165, 1.54) is 55.8 Å². The third-order valence-corrected chi connectivity index (χ3v) is 8.13. The Bertz CT molecular complexity index is 1530. The van der Waals surface area contributed by atoms with Crippen LogP contribution in [0, 0.1) is 0 Å². The van der Waals surface area contributed by atoms with Crippen LogP contribution in [-0.2, 0) is 12.0 Å². The quantitative estimate of drug-likeness (QED) is 0.253. The molecule has 0 aromatic heterocycles. The SMILES string of the molecule is CC(C)N(Cc1ccc2c(c1)C1(c3ccccc3-c3ccccc31)c1ccccc1-2)c1ccccc1. The van der Waals surface area contributed by atoms with Crippen molar-refractivity contribution in [2.75, 3.05) is 4.90 Å². The number of nitrogens with zero attached hydrogens (tertiary/aromatic N) is 1. The number of hydrogen-bond acceptors (Lipinski definition) is 1. The molecule has 1 spiro atoms. The first-order valence-corrected chi connectivity index (χ1v) is 12.9. The smallest absolute Gasteiger partial charge is 0.0725 e. The van der Waals surface area contributed by atoms with E-state index in [0.29, 0.717) is 6.04 Å². The maximum Gasteiger partial charge on any atom is 0.0725 e. The Kier molecular flexibility index (Phi) is 4.69. The number of fused-ring (bicyclic) bond motifs is 10. The molecule has 2 aliphatic carbocycles. The summed E-state index contributed by atoms with van der Waals surface area (Å²) in [6.07, 6.45) is 0. The molecule has 1 nitrogen and oxygen atoms in total. The van der Waals surface area contributed by atoms with Gasteiger partial charge in [0, 0.05) is 18.3 Å². The molecule has 0 saturated heterocycles. The second-order valence-corrected chi connectivity index (χ2v) is 10.3. The van der Waals surface area contributed by atoms with E-state index in [1.54, 1.807) is 0 Å². The summed E-state index contributed by atoms with van der Waals surface area (Å²) >= 11 is 0. The Morgan fingerprint density at radius 3 is 1.53 bits per heavy atom. The Balaban J connectivity index is 1.47. The van der Waals surface area contributed by atoms with Gasteiger partial charge in [-0.1, -0.05) is 109 Å². The molecule has 0 bridgehead atoms. The fraction of sp³-hybridized carbons (Fsp3) is 0.143. The summed E-state index contributed by atoms with van der Waals surface area (Å²) in [5.74, 6) is 0. The summed E-state index contributed by atoms with van der Waals surface area (Å²) in [6, 6.07) is 45.4. The third-order valence-electron chi connectivity index (χ3n) is 8.13. The fourth-order valence-corrected chi connectivity index (χ4v) is 6.63. The van der Waals surface area contributed by atoms with Crippen molar-refractivity contribution in [3.63, 3.8) is 0 Å². The molecule has 174 valence electrons. The van der Waals surface area contributed by atoms with Gasteiger partial charge in [0.05, 0.1) is 5.41 Å². The second kappa shape index (κ2) is 7.96. The summed E-state index contributed by atoms with van der Waals surface area (Å²) in [5, 5.41) is 0. The average Bonchev–Trinajstić information content (AvgIpc) is 3.39. The van der Waals surface area contributed by atoms with Gasteiger partial charge in [-0.2, -0.15) is 0 Å². The van der Waals surface area contributed by atoms with Crippen molar-refractivity contribution in [1.29, 1.82) is 0 Å². The highest BCUT2D eigenvalue weighted by molar-refractivity contribution is 5.94. The zero-order valence-corrected chi connectivity index (χ0v) is 20.8. The highest BCUT2D eigenvalue weighted by Gasteiger charge is 2.51. The van der Waals surface area contributed by atoms with Crippen molar-refractivity contribution in [2.45, 2.75) is 31.8 Å². The number of rotatable bonds is 4. The van der Waals surface area contributed by atoms with Crippen LogP contribution in [-0.4, -0.2) is 6.04 Å². The molecule has 0 fully saturated rings. The fourth-order valence-electron chi connectivity index (χ4n) is 6.63. The lowest BCUT2D eigenvalue weighted by atomic mass is 9.70. The zero-order valence-electron chi connectivity index (χ0n) is 20.8. The first-order chi connectivity index (χ1) is 17.7. The maximum absolute atomic E-state index is 2.49. The van der Waals surface area contributed by atoms with Crippen LogP contribution in [0.1, 0.15) is 41.7 Å². The predicted molar refractivity (Wildman–Crippen MR) is 151 cm³/mol. The molecule has 0 saturated carbocycles. The molecule has 5 aromatic carbocycles. The third kappa shape index (κ3) is 2.83. The van der Waals surface area contributed by atoms with Gasteiger partial charge in [0.2, 0.25) is 0 Å². The van der Waals surface area contributed by atoms with Crippen LogP contribution in [0.15, 0.2) is 121 Å². The Morgan fingerprint density at radius 1 is 0.528 bits per heavy atom. The normalized spacial score (nSPS) is 13.9. The van der Waals surface area contributed by atoms with Crippen molar-refractivity contribution >= 4 is 5.69 Å². The van der Waals surface area contributed by atoms with Crippen molar-refractivity contribution in [2.24, 2.45) is 0 Å². The number of anilines is 1. The molecule has 5 aromatic rings. The predicted octanol–water partition coefficient (Wildman–Crippen LogP) is 8.45. The van der Waals surface area contributed by atoms with Crippen molar-refractivity contribution in [3.05, 3.63) is 149 Å². The van der Waals surface area contributed by atoms with Gasteiger partial charge in [-0.3, -0.25) is 0 Å². The van der Waals surface area contributed by atoms with E-state index in [2.05, 4.69) is 140 Å². The zero-order chi connectivity index (χ0) is 24.3. The Hall–Kier alpha value is -4.10.